The molecule has 0 aliphatic heterocycles. The monoisotopic (exact) mass is 1600 g/mol. The molecule has 32 heteroatoms. The smallest absolute Gasteiger partial charge is 0.408 e. The molecule has 0 heterocycles. The number of unbranched alkanes of at least 4 members (excludes halogenated alkanes) is 6. The van der Waals surface area contributed by atoms with E-state index in [1.54, 1.807) is 68.8 Å². The Morgan fingerprint density at radius 2 is 1.21 bits per heavy atom. The van der Waals surface area contributed by atoms with Crippen molar-refractivity contribution in [1.29, 1.82) is 5.26 Å². The van der Waals surface area contributed by atoms with Crippen molar-refractivity contribution in [3.05, 3.63) is 12.4 Å². The van der Waals surface area contributed by atoms with Crippen LogP contribution >= 0.6 is 56.4 Å². The third-order valence-corrected chi connectivity index (χ3v) is 14.9. The molecule has 8 atom stereocenters. The molecule has 0 aromatic heterocycles. The fraction of sp³-hybridized carbons (Fsp3) is 0.764. The number of nitrogens with two attached hydrogens (primary N) is 4. The summed E-state index contributed by atoms with van der Waals surface area (Å²) in [6.45, 7) is 15.0. The number of methoxy groups -OCH3 is 2. The number of carbonyl (C=O) groups is 8. The molecule has 104 heavy (non-hydrogen) atoms. The van der Waals surface area contributed by atoms with Crippen molar-refractivity contribution in [2.75, 3.05) is 88.1 Å². The van der Waals surface area contributed by atoms with Gasteiger partial charge in [-0.25, -0.2) is 23.6 Å². The van der Waals surface area contributed by atoms with Crippen LogP contribution in [-0.4, -0.2) is 194 Å². The summed E-state index contributed by atoms with van der Waals surface area (Å²) < 4.78 is 31.4. The van der Waals surface area contributed by atoms with Gasteiger partial charge in [0.05, 0.1) is 51.7 Å². The van der Waals surface area contributed by atoms with E-state index in [1.165, 1.54) is 34.1 Å². The number of rotatable bonds is 31. The molecule has 0 aromatic carbocycles. The molecule has 3 aliphatic rings. The highest BCUT2D eigenvalue weighted by atomic mass is 79.9. The number of carbonyl (C=O) groups excluding carboxylic acids is 8. The van der Waals surface area contributed by atoms with E-state index in [-0.39, 0.29) is 97.4 Å². The van der Waals surface area contributed by atoms with Crippen molar-refractivity contribution >= 4 is 104 Å². The molecule has 27 nitrogen and oxygen atoms in total. The normalized spacial score (nSPS) is 16.5. The second-order valence-corrected chi connectivity index (χ2v) is 26.3. The minimum atomic E-state index is -1.16. The molecule has 3 rings (SSSR count). The molecule has 3 saturated carbocycles. The highest BCUT2D eigenvalue weighted by Crippen LogP contribution is 2.26. The molecule has 5 unspecified atom stereocenters. The van der Waals surface area contributed by atoms with Crippen LogP contribution in [0.15, 0.2) is 12.4 Å². The number of nitrogens with zero attached hydrogens (tertiary/aromatic N) is 1. The Bertz CT molecular complexity index is 2400. The number of terminal acetylenes is 3. The number of ether oxygens (including phenoxy) is 4. The summed E-state index contributed by atoms with van der Waals surface area (Å²) in [4.78, 5) is 96.5. The zero-order chi connectivity index (χ0) is 78.6. The van der Waals surface area contributed by atoms with Gasteiger partial charge in [0.2, 0.25) is 0 Å². The largest absolute Gasteiger partial charge is 0.467 e. The summed E-state index contributed by atoms with van der Waals surface area (Å²) in [5.74, 6) is 10.1. The van der Waals surface area contributed by atoms with E-state index in [1.807, 2.05) is 14.1 Å². The summed E-state index contributed by atoms with van der Waals surface area (Å²) in [5, 5.41) is 40.4. The number of hydrazine groups is 1. The number of halogens is 2. The fourth-order valence-electron chi connectivity index (χ4n) is 8.41. The Morgan fingerprint density at radius 3 is 1.56 bits per heavy atom. The van der Waals surface area contributed by atoms with Crippen LogP contribution in [0.4, 0.5) is 14.0 Å². The number of Topliss-reactive ketones (excluding diaryl/α,β-unsaturated/α-hetero) is 4. The summed E-state index contributed by atoms with van der Waals surface area (Å²) in [6, 6.07) is 2.03. The molecule has 610 valence electrons. The number of ketones is 4. The van der Waals surface area contributed by atoms with Gasteiger partial charge in [-0.2, -0.15) is 45.7 Å². The van der Waals surface area contributed by atoms with Crippen LogP contribution in [0.1, 0.15) is 203 Å². The number of aliphatic hydroxyl groups is 1. The van der Waals surface area contributed by atoms with Gasteiger partial charge in [-0.05, 0) is 167 Å². The molecule has 3 fully saturated rings. The van der Waals surface area contributed by atoms with Gasteiger partial charge in [0, 0.05) is 75.9 Å². The summed E-state index contributed by atoms with van der Waals surface area (Å²) in [7, 11) is 13.2. The van der Waals surface area contributed by atoms with Crippen LogP contribution < -0.4 is 71.0 Å². The van der Waals surface area contributed by atoms with E-state index in [9.17, 15) is 47.9 Å². The number of nitrogens with one attached hydrogen (secondary N) is 9. The lowest BCUT2D eigenvalue weighted by Crippen LogP contribution is -2.44. The lowest BCUT2D eigenvalue weighted by molar-refractivity contribution is -0.144. The predicted molar refractivity (Wildman–Crippen MR) is 437 cm³/mol. The van der Waals surface area contributed by atoms with E-state index in [0.29, 0.717) is 63.1 Å². The Hall–Kier alpha value is -5.27. The van der Waals surface area contributed by atoms with E-state index in [0.717, 1.165) is 101 Å². The Kier molecular flexibility index (Phi) is 88.7. The quantitative estimate of drug-likeness (QED) is 0.00507. The number of esters is 2. The number of hydrogen-bond donors (Lipinski definition) is 14. The van der Waals surface area contributed by atoms with Crippen molar-refractivity contribution in [3.8, 4) is 43.1 Å². The Morgan fingerprint density at radius 1 is 0.731 bits per heavy atom. The number of hydrogen-bond acceptors (Lipinski definition) is 25. The maximum atomic E-state index is 13.0. The van der Waals surface area contributed by atoms with Crippen molar-refractivity contribution < 1.29 is 68.2 Å². The van der Waals surface area contributed by atoms with Gasteiger partial charge in [-0.3, -0.25) is 35.8 Å². The summed E-state index contributed by atoms with van der Waals surface area (Å²) in [6.07, 6.45) is 30.6. The van der Waals surface area contributed by atoms with E-state index in [4.69, 9.17) is 49.5 Å². The van der Waals surface area contributed by atoms with E-state index in [2.05, 4.69) is 105 Å². The number of alkyl halides is 2. The van der Waals surface area contributed by atoms with E-state index >= 15 is 0 Å². The number of aliphatic hydroxyl groups excluding tert-OH is 1. The van der Waals surface area contributed by atoms with Gasteiger partial charge in [-0.15, -0.1) is 25.2 Å². The van der Waals surface area contributed by atoms with Gasteiger partial charge in [0.15, 0.2) is 12.1 Å². The summed E-state index contributed by atoms with van der Waals surface area (Å²) >= 11 is 3.32. The van der Waals surface area contributed by atoms with Crippen molar-refractivity contribution in [3.63, 3.8) is 0 Å². The molecule has 0 spiro atoms. The average molecular weight is 1610 g/mol. The summed E-state index contributed by atoms with van der Waals surface area (Å²) in [5.41, 5.74) is 16.3. The second kappa shape index (κ2) is 78.8. The van der Waals surface area contributed by atoms with Gasteiger partial charge in [0.1, 0.15) is 47.2 Å². The van der Waals surface area contributed by atoms with E-state index < -0.39 is 77.9 Å². The maximum absolute atomic E-state index is 13.0. The maximum Gasteiger partial charge on any atom is 0.408 e. The van der Waals surface area contributed by atoms with Gasteiger partial charge in [0.25, 0.3) is 0 Å². The number of alkyl carbamates (subject to hydrolysis) is 2. The highest BCUT2D eigenvalue weighted by Gasteiger charge is 2.32. The first-order chi connectivity index (χ1) is 47.7. The first-order valence-corrected chi connectivity index (χ1v) is 35.9. The molecular weight excluding hydrogens is 1460 g/mol. The van der Waals surface area contributed by atoms with Crippen LogP contribution in [0.2, 0.25) is 0 Å². The zero-order valence-corrected chi connectivity index (χ0v) is 69.8. The molecule has 2 amide bonds. The van der Waals surface area contributed by atoms with Crippen LogP contribution in [-0.2, 0) is 47.7 Å². The third kappa shape index (κ3) is 82.4. The lowest BCUT2D eigenvalue weighted by Gasteiger charge is -2.22. The lowest BCUT2D eigenvalue weighted by atomic mass is 9.82. The second-order valence-electron chi connectivity index (χ2n) is 25.5. The number of amides is 2. The van der Waals surface area contributed by atoms with Gasteiger partial charge >= 0.3 is 24.1 Å². The highest BCUT2D eigenvalue weighted by molar-refractivity contribution is 9.09. The molecule has 3 aliphatic carbocycles. The van der Waals surface area contributed by atoms with Crippen molar-refractivity contribution in [2.45, 2.75) is 256 Å². The predicted octanol–water partition coefficient (Wildman–Crippen LogP) is 6.60. The zero-order valence-electron chi connectivity index (χ0n) is 65.2. The number of nitriles is 1. The minimum absolute atomic E-state index is 0. The first kappa shape index (κ1) is 117. The molecule has 0 aromatic rings. The Balaban J connectivity index is -0.000000135. The Labute approximate surface area is 655 Å². The van der Waals surface area contributed by atoms with Crippen LogP contribution in [0, 0.1) is 60.2 Å². The van der Waals surface area contributed by atoms with Crippen molar-refractivity contribution in [1.82, 2.24) is 48.0 Å². The molecule has 0 bridgehead atoms. The SMILES string of the molecule is C#CCCCCCCC(NC(=O)OC(C)(C)C)C(=O)OC.C#CCN.C#CCNCCCC[C@H](NC)C(=O)C[C@H]1CCCCCC(=O)CC[C@@H](C(=O)CO)CC1=O.C=C(N)NC.CNC(F)CC#N.CNC1CC1.CNC1CC1N.CNN.COC(=O)C(CCCCBr)NC(=O)OC(C)(C)C.S.S.S.[HH]. The topological polar surface area (TPSA) is 430 Å². The standard InChI is InChI=1S/C25H40N2O5.C16H27NO4.C12H22BrNO4.C4H7FN2.C4H10N2.C4H9N.C3H8N2.C3H5N.CH6N2.3H2S.H2/c1-3-14-27-15-8-7-11-22(26-2)24(31)17-19-9-5-4-6-10-21(29)13-12-20(16-23(19)30)25(32)18-28;1-6-7-8-9-10-11-12-13(14(18)20-5)17-15(19)21-16(2,3)4;1-12(2,3)18-11(16)14-9(10(15)17-4)7-5-6-8-13;1-7-4(5)2-3-6;1-6-4-2-3(4)5;1-5-4-2-3-4;1-3(4)5-2;1-2-3-4;1-3-2;;;;/h1,19-20,22,26-28H,4-18H2,2H3;1,13H,7-12H2,2-5H3,(H,17,19);9H,5-8H2,1-4H3,(H,14,16);4,7H,2H2,1H3;3-4,6H,2,5H2,1H3;4-5H,2-3H2,1H3;5H,1,4H2,2H3;1H,3-4H2;3H,2H2,1H3;3*1H2;1H/t19-,20-,22+;;;;;;;;;;;;/m1............/s1. The van der Waals surface area contributed by atoms with Crippen LogP contribution in [0.5, 0.6) is 0 Å². The number of likely N-dealkylation sites (N-methyl/N-ethyl adjacent to an activating group) is 2. The molecule has 0 radical (unpaired) electrons. The molecule has 0 saturated heterocycles. The molecule has 18 N–H and O–H groups in total. The average Bonchev–Trinajstić information content (AvgIpc) is 1.85. The van der Waals surface area contributed by atoms with Crippen LogP contribution in [0.3, 0.4) is 0 Å². The molecular formula is C72H142BrFN14O13S3. The minimum Gasteiger partial charge on any atom is -0.467 e. The first-order valence-electron chi connectivity index (χ1n) is 34.8. The van der Waals surface area contributed by atoms with Gasteiger partial charge in [-0.1, -0.05) is 72.9 Å². The van der Waals surface area contributed by atoms with Gasteiger partial charge < -0.3 is 78.5 Å². The van der Waals surface area contributed by atoms with Crippen LogP contribution in [0.25, 0.3) is 0 Å². The van der Waals surface area contributed by atoms with Crippen molar-refractivity contribution in [2.24, 2.45) is 34.9 Å². The fourth-order valence-corrected chi connectivity index (χ4v) is 8.80. The third-order valence-electron chi connectivity index (χ3n) is 14.3.